The molecule has 0 heterocycles. The number of benzene rings is 3. The van der Waals surface area contributed by atoms with Gasteiger partial charge in [-0.25, -0.2) is 0 Å². The fourth-order valence-electron chi connectivity index (χ4n) is 2.24. The van der Waals surface area contributed by atoms with Crippen LogP contribution in [-0.2, 0) is 0 Å². The average Bonchev–Trinajstić information content (AvgIpc) is 2.39. The van der Waals surface area contributed by atoms with Crippen LogP contribution in [0.25, 0.3) is 21.5 Å². The van der Waals surface area contributed by atoms with Crippen LogP contribution in [0.2, 0.25) is 0 Å². The maximum Gasteiger partial charge on any atom is 0.119 e. The molecule has 2 N–H and O–H groups in total. The van der Waals surface area contributed by atoms with Crippen molar-refractivity contribution in [2.75, 3.05) is 12.8 Å². The zero-order chi connectivity index (χ0) is 11.8. The first-order valence-electron chi connectivity index (χ1n) is 5.54. The van der Waals surface area contributed by atoms with Gasteiger partial charge in [-0.3, -0.25) is 0 Å². The van der Waals surface area contributed by atoms with Crippen LogP contribution in [0.5, 0.6) is 5.75 Å². The van der Waals surface area contributed by atoms with Crippen LogP contribution >= 0.6 is 0 Å². The lowest BCUT2D eigenvalue weighted by atomic mass is 10.0. The van der Waals surface area contributed by atoms with Crippen LogP contribution in [0, 0.1) is 0 Å². The van der Waals surface area contributed by atoms with E-state index in [0.717, 1.165) is 22.2 Å². The van der Waals surface area contributed by atoms with Crippen molar-refractivity contribution in [2.24, 2.45) is 0 Å². The molecule has 0 spiro atoms. The molecule has 0 aliphatic rings. The molecule has 0 saturated heterocycles. The van der Waals surface area contributed by atoms with E-state index in [9.17, 15) is 0 Å². The van der Waals surface area contributed by atoms with Gasteiger partial charge in [-0.2, -0.15) is 0 Å². The SMILES string of the molecule is COc1ccc2cc(N)c3ccccc3c2c1. The van der Waals surface area contributed by atoms with Crippen molar-refractivity contribution < 1.29 is 4.74 Å². The first-order valence-corrected chi connectivity index (χ1v) is 5.54. The molecule has 0 aliphatic carbocycles. The summed E-state index contributed by atoms with van der Waals surface area (Å²) in [6.07, 6.45) is 0. The highest BCUT2D eigenvalue weighted by Gasteiger charge is 2.04. The fourth-order valence-corrected chi connectivity index (χ4v) is 2.24. The van der Waals surface area contributed by atoms with Gasteiger partial charge in [0.15, 0.2) is 0 Å². The second kappa shape index (κ2) is 3.67. The minimum atomic E-state index is 0.818. The van der Waals surface area contributed by atoms with Gasteiger partial charge in [-0.05, 0) is 34.4 Å². The smallest absolute Gasteiger partial charge is 0.119 e. The van der Waals surface area contributed by atoms with Crippen LogP contribution in [0.15, 0.2) is 48.5 Å². The number of fused-ring (bicyclic) bond motifs is 3. The second-order valence-corrected chi connectivity index (χ2v) is 4.10. The van der Waals surface area contributed by atoms with Gasteiger partial charge in [0.1, 0.15) is 5.75 Å². The average molecular weight is 223 g/mol. The van der Waals surface area contributed by atoms with E-state index in [-0.39, 0.29) is 0 Å². The third kappa shape index (κ3) is 1.49. The Labute approximate surface area is 99.6 Å². The number of hydrogen-bond donors (Lipinski definition) is 1. The summed E-state index contributed by atoms with van der Waals surface area (Å²) in [6.45, 7) is 0. The normalized spacial score (nSPS) is 10.9. The van der Waals surface area contributed by atoms with Gasteiger partial charge in [0, 0.05) is 11.1 Å². The van der Waals surface area contributed by atoms with Crippen molar-refractivity contribution in [3.63, 3.8) is 0 Å². The molecule has 2 nitrogen and oxygen atoms in total. The zero-order valence-corrected chi connectivity index (χ0v) is 9.60. The standard InChI is InChI=1S/C15H13NO/c1-17-11-7-6-10-8-15(16)13-5-3-2-4-12(13)14(10)9-11/h2-9H,16H2,1H3. The summed E-state index contributed by atoms with van der Waals surface area (Å²) in [4.78, 5) is 0. The summed E-state index contributed by atoms with van der Waals surface area (Å²) >= 11 is 0. The molecule has 0 unspecified atom stereocenters. The zero-order valence-electron chi connectivity index (χ0n) is 9.60. The lowest BCUT2D eigenvalue weighted by molar-refractivity contribution is 0.415. The Morgan fingerprint density at radius 2 is 1.65 bits per heavy atom. The van der Waals surface area contributed by atoms with E-state index in [4.69, 9.17) is 10.5 Å². The van der Waals surface area contributed by atoms with Crippen molar-refractivity contribution in [3.8, 4) is 5.75 Å². The Bertz CT molecular complexity index is 704. The first kappa shape index (κ1) is 9.97. The number of anilines is 1. The molecular formula is C15H13NO. The predicted molar refractivity (Wildman–Crippen MR) is 72.4 cm³/mol. The summed E-state index contributed by atoms with van der Waals surface area (Å²) in [5.74, 6) is 0.868. The van der Waals surface area contributed by atoms with Crippen molar-refractivity contribution in [1.29, 1.82) is 0 Å². The summed E-state index contributed by atoms with van der Waals surface area (Å²) in [5.41, 5.74) is 6.88. The topological polar surface area (TPSA) is 35.2 Å². The fraction of sp³-hybridized carbons (Fsp3) is 0.0667. The van der Waals surface area contributed by atoms with Crippen LogP contribution in [0.4, 0.5) is 5.69 Å². The van der Waals surface area contributed by atoms with E-state index in [1.807, 2.05) is 36.4 Å². The van der Waals surface area contributed by atoms with Crippen LogP contribution < -0.4 is 10.5 Å². The second-order valence-electron chi connectivity index (χ2n) is 4.10. The minimum absolute atomic E-state index is 0.818. The molecule has 84 valence electrons. The molecule has 0 saturated carbocycles. The molecular weight excluding hydrogens is 210 g/mol. The number of ether oxygens (including phenoxy) is 1. The highest BCUT2D eigenvalue weighted by molar-refractivity contribution is 6.12. The van der Waals surface area contributed by atoms with Crippen molar-refractivity contribution in [2.45, 2.75) is 0 Å². The molecule has 0 atom stereocenters. The molecule has 3 rings (SSSR count). The number of rotatable bonds is 1. The maximum absolute atomic E-state index is 6.06. The number of nitrogen functional groups attached to an aromatic ring is 1. The van der Waals surface area contributed by atoms with Gasteiger partial charge in [0.2, 0.25) is 0 Å². The van der Waals surface area contributed by atoms with E-state index < -0.39 is 0 Å². The lowest BCUT2D eigenvalue weighted by Gasteiger charge is -2.08. The van der Waals surface area contributed by atoms with E-state index in [1.54, 1.807) is 7.11 Å². The quantitative estimate of drug-likeness (QED) is 0.505. The molecule has 0 fully saturated rings. The lowest BCUT2D eigenvalue weighted by Crippen LogP contribution is -1.89. The van der Waals surface area contributed by atoms with Crippen LogP contribution in [-0.4, -0.2) is 7.11 Å². The maximum atomic E-state index is 6.06. The summed E-state index contributed by atoms with van der Waals surface area (Å²) in [5, 5.41) is 4.57. The molecule has 2 heteroatoms. The summed E-state index contributed by atoms with van der Waals surface area (Å²) < 4.78 is 5.27. The highest BCUT2D eigenvalue weighted by atomic mass is 16.5. The van der Waals surface area contributed by atoms with Crippen LogP contribution in [0.1, 0.15) is 0 Å². The van der Waals surface area contributed by atoms with Crippen LogP contribution in [0.3, 0.4) is 0 Å². The number of methoxy groups -OCH3 is 1. The molecule has 0 aliphatic heterocycles. The minimum Gasteiger partial charge on any atom is -0.497 e. The Morgan fingerprint density at radius 1 is 0.882 bits per heavy atom. The first-order chi connectivity index (χ1) is 8.29. The molecule has 0 radical (unpaired) electrons. The number of hydrogen-bond acceptors (Lipinski definition) is 2. The Kier molecular flexibility index (Phi) is 2.15. The van der Waals surface area contributed by atoms with Gasteiger partial charge in [0.25, 0.3) is 0 Å². The Hall–Kier alpha value is -2.22. The van der Waals surface area contributed by atoms with E-state index in [0.29, 0.717) is 0 Å². The van der Waals surface area contributed by atoms with Gasteiger partial charge >= 0.3 is 0 Å². The third-order valence-corrected chi connectivity index (χ3v) is 3.10. The third-order valence-electron chi connectivity index (χ3n) is 3.10. The largest absolute Gasteiger partial charge is 0.497 e. The summed E-state index contributed by atoms with van der Waals surface area (Å²) in [7, 11) is 1.68. The van der Waals surface area contributed by atoms with E-state index >= 15 is 0 Å². The Morgan fingerprint density at radius 3 is 2.41 bits per heavy atom. The molecule has 0 amide bonds. The number of nitrogens with two attached hydrogens (primary N) is 1. The molecule has 3 aromatic rings. The van der Waals surface area contributed by atoms with E-state index in [1.165, 1.54) is 10.8 Å². The van der Waals surface area contributed by atoms with Gasteiger partial charge < -0.3 is 10.5 Å². The van der Waals surface area contributed by atoms with Crippen molar-refractivity contribution in [1.82, 2.24) is 0 Å². The van der Waals surface area contributed by atoms with E-state index in [2.05, 4.69) is 12.1 Å². The predicted octanol–water partition coefficient (Wildman–Crippen LogP) is 3.58. The highest BCUT2D eigenvalue weighted by Crippen LogP contribution is 2.32. The van der Waals surface area contributed by atoms with Gasteiger partial charge in [-0.1, -0.05) is 30.3 Å². The molecule has 0 bridgehead atoms. The van der Waals surface area contributed by atoms with Gasteiger partial charge in [-0.15, -0.1) is 0 Å². The Balaban J connectivity index is 2.51. The van der Waals surface area contributed by atoms with Crippen molar-refractivity contribution in [3.05, 3.63) is 48.5 Å². The monoisotopic (exact) mass is 223 g/mol. The molecule has 17 heavy (non-hydrogen) atoms. The summed E-state index contributed by atoms with van der Waals surface area (Å²) in [6, 6.07) is 16.2. The van der Waals surface area contributed by atoms with Gasteiger partial charge in [0.05, 0.1) is 7.11 Å². The molecule has 3 aromatic carbocycles. The van der Waals surface area contributed by atoms with Crippen molar-refractivity contribution >= 4 is 27.2 Å². The molecule has 0 aromatic heterocycles.